The molecule has 4 aromatic rings. The van der Waals surface area contributed by atoms with Crippen LogP contribution in [0.3, 0.4) is 0 Å². The van der Waals surface area contributed by atoms with Crippen LogP contribution in [0.5, 0.6) is 0 Å². The number of anilines is 2. The Kier molecular flexibility index (Phi) is 21.9. The third-order valence-corrected chi connectivity index (χ3v) is 14.8. The Bertz CT molecular complexity index is 1580. The van der Waals surface area contributed by atoms with E-state index in [0.29, 0.717) is 11.8 Å². The predicted molar refractivity (Wildman–Crippen MR) is 269 cm³/mol. The quantitative estimate of drug-likeness (QED) is 0.0406. The lowest BCUT2D eigenvalue weighted by atomic mass is 9.62. The number of benzene rings is 4. The zero-order valence-corrected chi connectivity index (χ0v) is 39.4. The van der Waals surface area contributed by atoms with E-state index in [1.165, 1.54) is 213 Å². The molecule has 1 fully saturated rings. The maximum Gasteiger partial charge on any atom is 0.0314 e. The van der Waals surface area contributed by atoms with Crippen molar-refractivity contribution in [3.05, 3.63) is 130 Å². The van der Waals surface area contributed by atoms with Gasteiger partial charge in [-0.15, -0.1) is 0 Å². The lowest BCUT2D eigenvalue weighted by Crippen LogP contribution is -2.33. The summed E-state index contributed by atoms with van der Waals surface area (Å²) in [7, 11) is 0. The van der Waals surface area contributed by atoms with Crippen molar-refractivity contribution in [3.63, 3.8) is 0 Å². The first-order valence-corrected chi connectivity index (χ1v) is 25.9. The molecule has 1 aliphatic rings. The lowest BCUT2D eigenvalue weighted by Gasteiger charge is -2.42. The first-order chi connectivity index (χ1) is 30.0. The van der Waals surface area contributed by atoms with Crippen LogP contribution in [-0.4, -0.2) is 0 Å². The van der Waals surface area contributed by atoms with E-state index < -0.39 is 0 Å². The summed E-state index contributed by atoms with van der Waals surface area (Å²) in [4.78, 5) is 0. The van der Waals surface area contributed by atoms with Crippen LogP contribution in [0.15, 0.2) is 97.1 Å². The molecule has 2 unspecified atom stereocenters. The van der Waals surface area contributed by atoms with E-state index in [4.69, 9.17) is 11.5 Å². The summed E-state index contributed by atoms with van der Waals surface area (Å²) in [5, 5.41) is 0. The number of nitrogens with two attached hydrogens (primary N) is 2. The Balaban J connectivity index is 1.36. The summed E-state index contributed by atoms with van der Waals surface area (Å²) in [6.45, 7) is 6.93. The number of hydrogen-bond donors (Lipinski definition) is 2. The summed E-state index contributed by atoms with van der Waals surface area (Å²) < 4.78 is 0. The van der Waals surface area contributed by atoms with Crippen molar-refractivity contribution < 1.29 is 0 Å². The third-order valence-electron chi connectivity index (χ3n) is 14.8. The molecule has 0 amide bonds. The number of hydrogen-bond acceptors (Lipinski definition) is 2. The average molecular weight is 825 g/mol. The lowest BCUT2D eigenvalue weighted by molar-refractivity contribution is 0.250. The van der Waals surface area contributed by atoms with Gasteiger partial charge in [-0.3, -0.25) is 0 Å². The van der Waals surface area contributed by atoms with E-state index in [9.17, 15) is 0 Å². The van der Waals surface area contributed by atoms with Crippen molar-refractivity contribution in [2.75, 3.05) is 11.5 Å². The minimum atomic E-state index is 0.0537. The van der Waals surface area contributed by atoms with Crippen molar-refractivity contribution in [2.24, 2.45) is 5.92 Å². The molecule has 2 nitrogen and oxygen atoms in total. The summed E-state index contributed by atoms with van der Waals surface area (Å²) >= 11 is 0. The van der Waals surface area contributed by atoms with Gasteiger partial charge in [0.2, 0.25) is 0 Å². The molecule has 61 heavy (non-hydrogen) atoms. The fraction of sp³-hybridized carbons (Fsp3) is 0.593. The summed E-state index contributed by atoms with van der Waals surface area (Å²) in [5.41, 5.74) is 22.9. The van der Waals surface area contributed by atoms with Crippen molar-refractivity contribution >= 4 is 11.4 Å². The van der Waals surface area contributed by atoms with Crippen LogP contribution in [0.1, 0.15) is 246 Å². The van der Waals surface area contributed by atoms with Crippen LogP contribution in [0.25, 0.3) is 0 Å². The summed E-state index contributed by atoms with van der Waals surface area (Å²) in [5.74, 6) is 1.66. The molecule has 0 radical (unpaired) electrons. The maximum atomic E-state index is 6.19. The monoisotopic (exact) mass is 825 g/mol. The zero-order chi connectivity index (χ0) is 43.0. The molecular formula is C59H88N2. The van der Waals surface area contributed by atoms with Crippen LogP contribution in [0.4, 0.5) is 11.4 Å². The second-order valence-corrected chi connectivity index (χ2v) is 19.4. The fourth-order valence-electron chi connectivity index (χ4n) is 10.8. The highest BCUT2D eigenvalue weighted by molar-refractivity contribution is 5.47. The highest BCUT2D eigenvalue weighted by Crippen LogP contribution is 2.48. The molecule has 1 saturated carbocycles. The molecule has 4 aromatic carbocycles. The molecule has 0 saturated heterocycles. The van der Waals surface area contributed by atoms with Crippen molar-refractivity contribution in [3.8, 4) is 0 Å². The van der Waals surface area contributed by atoms with Gasteiger partial charge in [0.25, 0.3) is 0 Å². The van der Waals surface area contributed by atoms with Gasteiger partial charge in [-0.1, -0.05) is 235 Å². The Hall–Kier alpha value is -3.52. The molecular weight excluding hydrogens is 737 g/mol. The molecule has 4 N–H and O–H groups in total. The Morgan fingerprint density at radius 1 is 0.393 bits per heavy atom. The van der Waals surface area contributed by atoms with E-state index in [1.807, 2.05) is 0 Å². The van der Waals surface area contributed by atoms with E-state index in [1.54, 1.807) is 0 Å². The van der Waals surface area contributed by atoms with Crippen LogP contribution in [0, 0.1) is 5.92 Å². The predicted octanol–water partition coefficient (Wildman–Crippen LogP) is 18.0. The highest BCUT2D eigenvalue weighted by Gasteiger charge is 2.38. The minimum Gasteiger partial charge on any atom is -0.399 e. The molecule has 2 atom stereocenters. The standard InChI is InChI=1S/C59H88N2/c1-4-7-10-13-16-19-22-25-48-44-46-59(47-45-48,53-36-28-49(29-37-53)57(51-32-40-55(60)41-33-51)26-23-20-17-14-11-8-5-2)54-38-30-50(31-39-54)58(52-34-42-56(61)43-35-52)27-24-21-18-15-12-9-6-3/h28-43,48,57-58H,4-27,44-47,60-61H2,1-3H3. The minimum absolute atomic E-state index is 0.0537. The highest BCUT2D eigenvalue weighted by atomic mass is 14.5. The summed E-state index contributed by atoms with van der Waals surface area (Å²) in [6.07, 6.45) is 37.5. The molecule has 5 rings (SSSR count). The second-order valence-electron chi connectivity index (χ2n) is 19.4. The summed E-state index contributed by atoms with van der Waals surface area (Å²) in [6, 6.07) is 37.6. The molecule has 1 aliphatic carbocycles. The fourth-order valence-corrected chi connectivity index (χ4v) is 10.8. The van der Waals surface area contributed by atoms with Crippen LogP contribution < -0.4 is 11.5 Å². The maximum absolute atomic E-state index is 6.19. The van der Waals surface area contributed by atoms with E-state index in [0.717, 1.165) is 17.3 Å². The second kappa shape index (κ2) is 27.5. The molecule has 334 valence electrons. The SMILES string of the molecule is CCCCCCCCCC1CCC(c2ccc(C(CCCCCCCCC)c3ccc(N)cc3)cc2)(c2ccc(C(CCCCCCCCC)c3ccc(N)cc3)cc2)CC1. The van der Waals surface area contributed by atoms with Gasteiger partial charge >= 0.3 is 0 Å². The largest absolute Gasteiger partial charge is 0.399 e. The van der Waals surface area contributed by atoms with Gasteiger partial charge < -0.3 is 11.5 Å². The van der Waals surface area contributed by atoms with Crippen LogP contribution in [-0.2, 0) is 5.41 Å². The molecule has 0 heterocycles. The molecule has 0 bridgehead atoms. The van der Waals surface area contributed by atoms with E-state index >= 15 is 0 Å². The number of unbranched alkanes of at least 4 members (excludes halogenated alkanes) is 18. The van der Waals surface area contributed by atoms with Gasteiger partial charge in [0.05, 0.1) is 0 Å². The Morgan fingerprint density at radius 2 is 0.689 bits per heavy atom. The van der Waals surface area contributed by atoms with Gasteiger partial charge in [-0.05, 0) is 102 Å². The number of nitrogen functional groups attached to an aromatic ring is 2. The van der Waals surface area contributed by atoms with Gasteiger partial charge in [0.1, 0.15) is 0 Å². The van der Waals surface area contributed by atoms with Gasteiger partial charge in [0, 0.05) is 28.6 Å². The smallest absolute Gasteiger partial charge is 0.0314 e. The van der Waals surface area contributed by atoms with Crippen molar-refractivity contribution in [2.45, 2.75) is 218 Å². The van der Waals surface area contributed by atoms with E-state index in [2.05, 4.69) is 118 Å². The van der Waals surface area contributed by atoms with Gasteiger partial charge in [-0.2, -0.15) is 0 Å². The van der Waals surface area contributed by atoms with E-state index in [-0.39, 0.29) is 5.41 Å². The third kappa shape index (κ3) is 15.7. The normalized spacial score (nSPS) is 17.7. The molecule has 2 heteroatoms. The van der Waals surface area contributed by atoms with Crippen molar-refractivity contribution in [1.29, 1.82) is 0 Å². The first kappa shape index (κ1) is 48.5. The Labute approximate surface area is 375 Å². The van der Waals surface area contributed by atoms with Crippen LogP contribution in [0.2, 0.25) is 0 Å². The topological polar surface area (TPSA) is 52.0 Å². The van der Waals surface area contributed by atoms with Gasteiger partial charge in [-0.25, -0.2) is 0 Å². The van der Waals surface area contributed by atoms with Crippen molar-refractivity contribution in [1.82, 2.24) is 0 Å². The van der Waals surface area contributed by atoms with Gasteiger partial charge in [0.15, 0.2) is 0 Å². The Morgan fingerprint density at radius 3 is 1.03 bits per heavy atom. The van der Waals surface area contributed by atoms with Crippen LogP contribution >= 0.6 is 0 Å². The first-order valence-electron chi connectivity index (χ1n) is 25.9. The molecule has 0 aromatic heterocycles. The molecule has 0 spiro atoms. The zero-order valence-electron chi connectivity index (χ0n) is 39.4. The molecule has 0 aliphatic heterocycles. The number of rotatable bonds is 30. The average Bonchev–Trinajstić information content (AvgIpc) is 3.29.